The molecule has 4 rings (SSSR count). The van der Waals surface area contributed by atoms with E-state index >= 15 is 0 Å². The zero-order valence-electron chi connectivity index (χ0n) is 15.1. The van der Waals surface area contributed by atoms with Crippen LogP contribution in [0.4, 0.5) is 17.3 Å². The zero-order valence-corrected chi connectivity index (χ0v) is 16.6. The second-order valence-corrected chi connectivity index (χ2v) is 8.82. The highest BCUT2D eigenvalue weighted by Crippen LogP contribution is 2.46. The fourth-order valence-electron chi connectivity index (χ4n) is 4.20. The molecule has 1 aliphatic heterocycles. The van der Waals surface area contributed by atoms with Gasteiger partial charge in [-0.05, 0) is 37.2 Å². The van der Waals surface area contributed by atoms with Crippen LogP contribution in [0.25, 0.3) is 0 Å². The van der Waals surface area contributed by atoms with Crippen molar-refractivity contribution in [1.82, 2.24) is 15.0 Å². The molecule has 0 amide bonds. The lowest BCUT2D eigenvalue weighted by Gasteiger charge is -2.42. The molecule has 3 heterocycles. The third-order valence-corrected chi connectivity index (χ3v) is 7.30. The van der Waals surface area contributed by atoms with Gasteiger partial charge in [0.1, 0.15) is 16.0 Å². The van der Waals surface area contributed by atoms with Gasteiger partial charge in [-0.25, -0.2) is 15.0 Å². The first-order chi connectivity index (χ1) is 13.0. The summed E-state index contributed by atoms with van der Waals surface area (Å²) < 4.78 is 0. The van der Waals surface area contributed by atoms with Crippen LogP contribution in [-0.4, -0.2) is 34.1 Å². The Hall–Kier alpha value is -1.77. The summed E-state index contributed by atoms with van der Waals surface area (Å²) in [6.45, 7) is 1.89. The van der Waals surface area contributed by atoms with Crippen LogP contribution in [0.2, 0.25) is 5.15 Å². The van der Waals surface area contributed by atoms with Crippen LogP contribution in [-0.2, 0) is 0 Å². The van der Waals surface area contributed by atoms with Crippen LogP contribution in [0.1, 0.15) is 32.1 Å². The molecule has 1 saturated heterocycles. The molecule has 1 aliphatic carbocycles. The van der Waals surface area contributed by atoms with Crippen LogP contribution in [0.15, 0.2) is 28.4 Å². The maximum atomic E-state index is 6.37. The molecule has 1 atom stereocenters. The smallest absolute Gasteiger partial charge is 0.158 e. The van der Waals surface area contributed by atoms with Crippen molar-refractivity contribution in [2.75, 3.05) is 29.5 Å². The summed E-state index contributed by atoms with van der Waals surface area (Å²) >= 11 is 7.45. The lowest BCUT2D eigenvalue weighted by molar-refractivity contribution is 0.197. The summed E-state index contributed by atoms with van der Waals surface area (Å²) in [5, 5.41) is 0.966. The number of nitrogens with zero attached hydrogens (tertiary/aromatic N) is 4. The van der Waals surface area contributed by atoms with Crippen LogP contribution in [0, 0.1) is 5.41 Å². The molecule has 1 spiro atoms. The summed E-state index contributed by atoms with van der Waals surface area (Å²) in [6.07, 6.45) is 9.16. The number of rotatable bonds is 3. The molecule has 7 nitrogen and oxygen atoms in total. The Morgan fingerprint density at radius 3 is 2.59 bits per heavy atom. The highest BCUT2D eigenvalue weighted by atomic mass is 35.5. The molecule has 0 unspecified atom stereocenters. The topological polar surface area (TPSA) is 120 Å². The van der Waals surface area contributed by atoms with E-state index in [1.807, 2.05) is 0 Å². The molecule has 27 heavy (non-hydrogen) atoms. The zero-order chi connectivity index (χ0) is 19.0. The van der Waals surface area contributed by atoms with Crippen molar-refractivity contribution in [3.8, 4) is 0 Å². The van der Waals surface area contributed by atoms with E-state index in [4.69, 9.17) is 28.8 Å². The van der Waals surface area contributed by atoms with Gasteiger partial charge in [-0.15, -0.1) is 0 Å². The van der Waals surface area contributed by atoms with Gasteiger partial charge < -0.3 is 22.1 Å². The molecular formula is C18H24ClN7S. The quantitative estimate of drug-likeness (QED) is 0.666. The van der Waals surface area contributed by atoms with E-state index in [-0.39, 0.29) is 0 Å². The number of anilines is 3. The second kappa shape index (κ2) is 7.33. The van der Waals surface area contributed by atoms with Crippen LogP contribution < -0.4 is 22.1 Å². The number of pyridine rings is 1. The Morgan fingerprint density at radius 1 is 1.15 bits per heavy atom. The average molecular weight is 406 g/mol. The highest BCUT2D eigenvalue weighted by molar-refractivity contribution is 7.99. The lowest BCUT2D eigenvalue weighted by atomic mass is 9.74. The van der Waals surface area contributed by atoms with Crippen molar-refractivity contribution in [3.63, 3.8) is 0 Å². The minimum Gasteiger partial charge on any atom is -0.397 e. The van der Waals surface area contributed by atoms with Gasteiger partial charge in [0.05, 0.1) is 23.0 Å². The predicted molar refractivity (Wildman–Crippen MR) is 110 cm³/mol. The van der Waals surface area contributed by atoms with Gasteiger partial charge in [0.2, 0.25) is 0 Å². The molecule has 2 aliphatic rings. The van der Waals surface area contributed by atoms with Gasteiger partial charge in [0.25, 0.3) is 0 Å². The van der Waals surface area contributed by atoms with E-state index in [0.29, 0.717) is 38.0 Å². The fraction of sp³-hybridized carbons (Fsp3) is 0.500. The highest BCUT2D eigenvalue weighted by Gasteiger charge is 2.43. The molecule has 9 heteroatoms. The molecule has 0 radical (unpaired) electrons. The normalized spacial score (nSPS) is 21.7. The van der Waals surface area contributed by atoms with Crippen LogP contribution >= 0.6 is 23.4 Å². The van der Waals surface area contributed by atoms with Crippen molar-refractivity contribution in [1.29, 1.82) is 0 Å². The van der Waals surface area contributed by atoms with E-state index in [0.717, 1.165) is 38.2 Å². The molecule has 0 aromatic carbocycles. The molecule has 144 valence electrons. The summed E-state index contributed by atoms with van der Waals surface area (Å²) in [5.74, 6) is 1.20. The van der Waals surface area contributed by atoms with Crippen molar-refractivity contribution in [2.45, 2.75) is 48.1 Å². The number of hydrogen-bond donors (Lipinski definition) is 3. The Bertz CT molecular complexity index is 838. The third kappa shape index (κ3) is 3.66. The number of nitrogens with two attached hydrogens (primary N) is 3. The number of aromatic nitrogens is 3. The number of piperidine rings is 1. The van der Waals surface area contributed by atoms with Gasteiger partial charge >= 0.3 is 0 Å². The first-order valence-electron chi connectivity index (χ1n) is 9.19. The SMILES string of the molecule is Nc1cnc(Cl)c(Sc2ncc(N3CCC4(CCC[C@H]4N)CC3)nc2N)c1. The van der Waals surface area contributed by atoms with Crippen LogP contribution in [0.3, 0.4) is 0 Å². The Morgan fingerprint density at radius 2 is 1.93 bits per heavy atom. The fourth-order valence-corrected chi connectivity index (χ4v) is 5.21. The monoisotopic (exact) mass is 405 g/mol. The Kier molecular flexibility index (Phi) is 5.05. The van der Waals surface area contributed by atoms with Gasteiger partial charge in [0.15, 0.2) is 5.82 Å². The second-order valence-electron chi connectivity index (χ2n) is 7.43. The van der Waals surface area contributed by atoms with E-state index in [1.165, 1.54) is 30.8 Å². The van der Waals surface area contributed by atoms with E-state index in [2.05, 4.69) is 19.9 Å². The molecule has 2 aromatic heterocycles. The largest absolute Gasteiger partial charge is 0.397 e. The maximum Gasteiger partial charge on any atom is 0.158 e. The molecule has 1 saturated carbocycles. The Labute approximate surface area is 168 Å². The number of hydrogen-bond acceptors (Lipinski definition) is 8. The van der Waals surface area contributed by atoms with Gasteiger partial charge in [-0.2, -0.15) is 0 Å². The molecular weight excluding hydrogens is 382 g/mol. The van der Waals surface area contributed by atoms with Crippen LogP contribution in [0.5, 0.6) is 0 Å². The van der Waals surface area contributed by atoms with Crippen molar-refractivity contribution in [3.05, 3.63) is 23.6 Å². The first-order valence-corrected chi connectivity index (χ1v) is 10.4. The summed E-state index contributed by atoms with van der Waals surface area (Å²) in [7, 11) is 0. The number of nitrogen functional groups attached to an aromatic ring is 2. The molecule has 2 aromatic rings. The van der Waals surface area contributed by atoms with E-state index in [1.54, 1.807) is 12.3 Å². The van der Waals surface area contributed by atoms with Gasteiger partial charge in [-0.3, -0.25) is 0 Å². The van der Waals surface area contributed by atoms with Crippen molar-refractivity contribution in [2.24, 2.45) is 11.1 Å². The third-order valence-electron chi connectivity index (χ3n) is 5.85. The standard InChI is InChI=1S/C18H24ClN7S/c19-15-12(8-11(20)9-23-15)27-17-16(22)25-14(10-24-17)26-6-4-18(5-7-26)3-1-2-13(18)21/h8-10,13H,1-7,20-21H2,(H2,22,25)/t13-/m1/s1. The average Bonchev–Trinajstić information content (AvgIpc) is 3.00. The molecule has 6 N–H and O–H groups in total. The summed E-state index contributed by atoms with van der Waals surface area (Å²) in [5.41, 5.74) is 19.2. The molecule has 0 bridgehead atoms. The summed E-state index contributed by atoms with van der Waals surface area (Å²) in [6, 6.07) is 2.09. The lowest BCUT2D eigenvalue weighted by Crippen LogP contribution is -2.47. The maximum absolute atomic E-state index is 6.37. The minimum atomic E-state index is 0.322. The predicted octanol–water partition coefficient (Wildman–Crippen LogP) is 2.94. The minimum absolute atomic E-state index is 0.322. The number of halogens is 1. The van der Waals surface area contributed by atoms with E-state index < -0.39 is 0 Å². The van der Waals surface area contributed by atoms with E-state index in [9.17, 15) is 0 Å². The van der Waals surface area contributed by atoms with Crippen molar-refractivity contribution < 1.29 is 0 Å². The van der Waals surface area contributed by atoms with Gasteiger partial charge in [-0.1, -0.05) is 29.8 Å². The Balaban J connectivity index is 1.47. The van der Waals surface area contributed by atoms with Crippen molar-refractivity contribution >= 4 is 40.7 Å². The summed E-state index contributed by atoms with van der Waals surface area (Å²) in [4.78, 5) is 16.1. The molecule has 2 fully saturated rings. The van der Waals surface area contributed by atoms with Gasteiger partial charge in [0, 0.05) is 19.1 Å². The first kappa shape index (κ1) is 18.6.